The maximum absolute atomic E-state index is 14.1. The minimum atomic E-state index is -0.196. The average molecular weight is 488 g/mol. The van der Waals surface area contributed by atoms with E-state index < -0.39 is 0 Å². The molecule has 0 radical (unpaired) electrons. The van der Waals surface area contributed by atoms with Gasteiger partial charge in [0.15, 0.2) is 0 Å². The zero-order valence-corrected chi connectivity index (χ0v) is 20.7. The van der Waals surface area contributed by atoms with Crippen LogP contribution in [0.15, 0.2) is 78.9 Å². The van der Waals surface area contributed by atoms with Crippen molar-refractivity contribution in [1.29, 1.82) is 0 Å². The number of carbonyl (C=O) groups excluding carboxylic acids is 1. The fourth-order valence-corrected chi connectivity index (χ4v) is 5.20. The molecule has 36 heavy (non-hydrogen) atoms. The third-order valence-electron chi connectivity index (χ3n) is 7.27. The van der Waals surface area contributed by atoms with E-state index in [0.29, 0.717) is 38.5 Å². The van der Waals surface area contributed by atoms with Crippen molar-refractivity contribution in [2.45, 2.75) is 26.0 Å². The summed E-state index contributed by atoms with van der Waals surface area (Å²) in [6.07, 6.45) is 1.77. The van der Waals surface area contributed by atoms with Crippen LogP contribution in [0.25, 0.3) is 0 Å². The highest BCUT2D eigenvalue weighted by molar-refractivity contribution is 5.79. The summed E-state index contributed by atoms with van der Waals surface area (Å²) in [7, 11) is 0. The number of piperidine rings is 1. The molecule has 6 heteroatoms. The van der Waals surface area contributed by atoms with Gasteiger partial charge in [-0.05, 0) is 61.3 Å². The summed E-state index contributed by atoms with van der Waals surface area (Å²) in [5.41, 5.74) is 3.02. The Morgan fingerprint density at radius 3 is 2.25 bits per heavy atom. The molecule has 0 bridgehead atoms. The Morgan fingerprint density at radius 2 is 1.50 bits per heavy atom. The third kappa shape index (κ3) is 6.05. The van der Waals surface area contributed by atoms with Gasteiger partial charge in [0.25, 0.3) is 0 Å². The van der Waals surface area contributed by atoms with E-state index in [-0.39, 0.29) is 17.6 Å². The maximum atomic E-state index is 14.1. The van der Waals surface area contributed by atoms with Crippen molar-refractivity contribution in [2.24, 2.45) is 5.92 Å². The van der Waals surface area contributed by atoms with Gasteiger partial charge in [-0.3, -0.25) is 9.69 Å². The van der Waals surface area contributed by atoms with Gasteiger partial charge in [0, 0.05) is 38.6 Å². The maximum Gasteiger partial charge on any atom is 0.225 e. The Hall–Kier alpha value is -3.38. The number of halogens is 1. The number of hydrogen-bond acceptors (Lipinski definition) is 4. The molecule has 2 fully saturated rings. The molecule has 0 atom stereocenters. The highest BCUT2D eigenvalue weighted by Gasteiger charge is 2.30. The third-order valence-corrected chi connectivity index (χ3v) is 7.27. The normalized spacial score (nSPS) is 17.2. The van der Waals surface area contributed by atoms with Crippen molar-refractivity contribution >= 4 is 11.6 Å². The van der Waals surface area contributed by atoms with E-state index in [1.54, 1.807) is 6.07 Å². The van der Waals surface area contributed by atoms with Crippen molar-refractivity contribution in [1.82, 2.24) is 9.80 Å². The Bertz CT molecular complexity index is 1140. The van der Waals surface area contributed by atoms with E-state index in [0.717, 1.165) is 43.8 Å². The first-order valence-electron chi connectivity index (χ1n) is 12.9. The van der Waals surface area contributed by atoms with Crippen LogP contribution in [-0.2, 0) is 17.9 Å². The number of carbonyl (C=O) groups is 1. The highest BCUT2D eigenvalue weighted by atomic mass is 19.1. The summed E-state index contributed by atoms with van der Waals surface area (Å²) in [6, 6.07) is 25.4. The summed E-state index contributed by atoms with van der Waals surface area (Å²) in [6.45, 7) is 5.92. The number of amides is 1. The van der Waals surface area contributed by atoms with Crippen LogP contribution in [0.3, 0.4) is 0 Å². The minimum absolute atomic E-state index is 0.0850. The number of para-hydroxylation sites is 1. The predicted molar refractivity (Wildman–Crippen MR) is 140 cm³/mol. The number of hydrogen-bond donors (Lipinski definition) is 0. The van der Waals surface area contributed by atoms with Crippen LogP contribution in [0.5, 0.6) is 5.75 Å². The van der Waals surface area contributed by atoms with Crippen molar-refractivity contribution < 1.29 is 13.9 Å². The quantitative estimate of drug-likeness (QED) is 0.472. The SMILES string of the molecule is O=C(C1CCN(Cc2cccc(OCc3ccccc3)c2)CC1)N1CCN(c2ccccc2F)CC1. The number of piperazine rings is 1. The van der Waals surface area contributed by atoms with E-state index in [9.17, 15) is 9.18 Å². The molecule has 3 aromatic carbocycles. The molecule has 0 unspecified atom stereocenters. The first-order valence-corrected chi connectivity index (χ1v) is 12.9. The van der Waals surface area contributed by atoms with Crippen LogP contribution in [0.2, 0.25) is 0 Å². The Kier molecular flexibility index (Phi) is 7.82. The van der Waals surface area contributed by atoms with Gasteiger partial charge in [0.1, 0.15) is 18.2 Å². The lowest BCUT2D eigenvalue weighted by atomic mass is 9.94. The first-order chi connectivity index (χ1) is 17.7. The Balaban J connectivity index is 1.07. The molecule has 2 aliphatic rings. The second kappa shape index (κ2) is 11.6. The number of ether oxygens (including phenoxy) is 1. The number of nitrogens with zero attached hydrogens (tertiary/aromatic N) is 3. The lowest BCUT2D eigenvalue weighted by Crippen LogP contribution is -2.51. The molecule has 3 aromatic rings. The molecule has 0 saturated carbocycles. The van der Waals surface area contributed by atoms with Crippen LogP contribution in [0.4, 0.5) is 10.1 Å². The van der Waals surface area contributed by atoms with Gasteiger partial charge in [-0.2, -0.15) is 0 Å². The predicted octanol–water partition coefficient (Wildman–Crippen LogP) is 4.97. The molecule has 0 N–H and O–H groups in total. The minimum Gasteiger partial charge on any atom is -0.489 e. The number of rotatable bonds is 7. The standard InChI is InChI=1S/C30H34FN3O2/c31-28-11-4-5-12-29(28)33-17-19-34(20-18-33)30(35)26-13-15-32(16-14-26)22-25-9-6-10-27(21-25)36-23-24-7-2-1-3-8-24/h1-12,21,26H,13-20,22-23H2. The van der Waals surface area contributed by atoms with Gasteiger partial charge in [-0.25, -0.2) is 4.39 Å². The lowest BCUT2D eigenvalue weighted by Gasteiger charge is -2.39. The lowest BCUT2D eigenvalue weighted by molar-refractivity contribution is -0.137. The number of likely N-dealkylation sites (tertiary alicyclic amines) is 1. The molecule has 1 amide bonds. The van der Waals surface area contributed by atoms with E-state index >= 15 is 0 Å². The molecule has 5 rings (SSSR count). The van der Waals surface area contributed by atoms with E-state index in [2.05, 4.69) is 29.2 Å². The van der Waals surface area contributed by atoms with Crippen molar-refractivity contribution in [3.8, 4) is 5.75 Å². The molecular weight excluding hydrogens is 453 g/mol. The van der Waals surface area contributed by atoms with Gasteiger partial charge in [-0.15, -0.1) is 0 Å². The fourth-order valence-electron chi connectivity index (χ4n) is 5.20. The zero-order valence-electron chi connectivity index (χ0n) is 20.7. The van der Waals surface area contributed by atoms with E-state index in [1.165, 1.54) is 11.6 Å². The summed E-state index contributed by atoms with van der Waals surface area (Å²) < 4.78 is 20.1. The van der Waals surface area contributed by atoms with Crippen LogP contribution < -0.4 is 9.64 Å². The molecule has 2 saturated heterocycles. The second-order valence-corrected chi connectivity index (χ2v) is 9.74. The largest absolute Gasteiger partial charge is 0.489 e. The second-order valence-electron chi connectivity index (χ2n) is 9.74. The van der Waals surface area contributed by atoms with Crippen LogP contribution in [-0.4, -0.2) is 55.0 Å². The van der Waals surface area contributed by atoms with Crippen molar-refractivity contribution in [3.05, 3.63) is 95.8 Å². The molecule has 2 heterocycles. The van der Waals surface area contributed by atoms with Gasteiger partial charge in [0.05, 0.1) is 5.69 Å². The molecule has 2 aliphatic heterocycles. The zero-order chi connectivity index (χ0) is 24.7. The number of anilines is 1. The van der Waals surface area contributed by atoms with Crippen molar-refractivity contribution in [3.63, 3.8) is 0 Å². The van der Waals surface area contributed by atoms with Crippen LogP contribution in [0, 0.1) is 11.7 Å². The molecule has 0 aromatic heterocycles. The van der Waals surface area contributed by atoms with Crippen molar-refractivity contribution in [2.75, 3.05) is 44.2 Å². The Morgan fingerprint density at radius 1 is 0.806 bits per heavy atom. The van der Waals surface area contributed by atoms with E-state index in [4.69, 9.17) is 4.74 Å². The summed E-state index contributed by atoms with van der Waals surface area (Å²) >= 11 is 0. The Labute approximate surface area is 213 Å². The van der Waals surface area contributed by atoms with Crippen LogP contribution in [0.1, 0.15) is 24.0 Å². The summed E-state index contributed by atoms with van der Waals surface area (Å²) in [5, 5.41) is 0. The highest BCUT2D eigenvalue weighted by Crippen LogP contribution is 2.25. The first kappa shape index (κ1) is 24.3. The summed E-state index contributed by atoms with van der Waals surface area (Å²) in [4.78, 5) is 19.6. The van der Waals surface area contributed by atoms with Gasteiger partial charge >= 0.3 is 0 Å². The van der Waals surface area contributed by atoms with Gasteiger partial charge in [0.2, 0.25) is 5.91 Å². The topological polar surface area (TPSA) is 36.0 Å². The smallest absolute Gasteiger partial charge is 0.225 e. The molecule has 5 nitrogen and oxygen atoms in total. The summed E-state index contributed by atoms with van der Waals surface area (Å²) in [5.74, 6) is 1.04. The molecule has 0 aliphatic carbocycles. The van der Waals surface area contributed by atoms with E-state index in [1.807, 2.05) is 52.3 Å². The van der Waals surface area contributed by atoms with Gasteiger partial charge < -0.3 is 14.5 Å². The molecule has 188 valence electrons. The molecule has 0 spiro atoms. The van der Waals surface area contributed by atoms with Crippen LogP contribution >= 0.6 is 0 Å². The number of benzene rings is 3. The monoisotopic (exact) mass is 487 g/mol. The fraction of sp³-hybridized carbons (Fsp3) is 0.367. The molecular formula is C30H34FN3O2. The van der Waals surface area contributed by atoms with Gasteiger partial charge in [-0.1, -0.05) is 54.6 Å². The average Bonchev–Trinajstić information content (AvgIpc) is 2.93.